The number of hydrogen-bond acceptors (Lipinski definition) is 18. The SMILES string of the molecule is CC/C=C\C/C=C\C/C=C\C/C=C\C/C=C\C/C=C\CCCCCCCCCCCCCCCCCCCCCCC(=O)NC(COC1OC(CO)C(OC2OC(CO)C(OC3OC(CO)C(O)C(O)C3O)C(O)C2O)C(O)C1O)C(O)/C=C/CC/C=C/CCCCCCCCCCCC. The van der Waals surface area contributed by atoms with E-state index in [1.54, 1.807) is 6.08 Å². The molecule has 578 valence electrons. The van der Waals surface area contributed by atoms with E-state index in [9.17, 15) is 61.0 Å². The Hall–Kier alpha value is -3.29. The molecule has 0 aromatic carbocycles. The third-order valence-electron chi connectivity index (χ3n) is 19.1. The standard InChI is InChI=1S/C81H141NO18/c1-3-5-7-9-11-13-15-17-19-21-22-23-24-25-26-27-28-29-30-31-32-33-34-35-36-37-38-39-40-41-42-43-45-47-49-51-53-55-57-59-69(87)82-64(65(86)58-56-54-52-50-48-46-44-20-18-16-14-12-10-8-6-4-2)63-95-79-75(93)72(90)77(67(61-84)97-79)100-81-76(94)73(91)78(68(62-85)98-81)99-80-74(92)71(89)70(88)66(60-83)96-80/h5,7,11,13,17,19,22-23,25-26,28-29,48,50,56,58,64-68,70-81,83-86,88-94H,3-4,6,8-10,12,14-16,18,20-21,24,27,30-47,49,51-55,57,59-63H2,1-2H3,(H,82,87)/b7-5-,13-11-,19-17-,23-22-,26-25-,29-28-,50-48+,58-56+. The first-order valence-corrected chi connectivity index (χ1v) is 39.5. The summed E-state index contributed by atoms with van der Waals surface area (Å²) in [6, 6.07) is -0.993. The van der Waals surface area contributed by atoms with Crippen LogP contribution >= 0.6 is 0 Å². The quantitative estimate of drug-likeness (QED) is 0.0199. The number of carbonyl (C=O) groups is 1. The molecule has 17 unspecified atom stereocenters. The highest BCUT2D eigenvalue weighted by atomic mass is 16.8. The predicted molar refractivity (Wildman–Crippen MR) is 397 cm³/mol. The maximum Gasteiger partial charge on any atom is 0.220 e. The Morgan fingerprint density at radius 3 is 1.12 bits per heavy atom. The molecule has 19 nitrogen and oxygen atoms in total. The third-order valence-corrected chi connectivity index (χ3v) is 19.1. The van der Waals surface area contributed by atoms with Crippen LogP contribution in [0.4, 0.5) is 0 Å². The second-order valence-corrected chi connectivity index (χ2v) is 27.8. The Labute approximate surface area is 603 Å². The lowest BCUT2D eigenvalue weighted by Crippen LogP contribution is -2.66. The molecule has 0 bridgehead atoms. The minimum absolute atomic E-state index is 0.234. The molecule has 0 aromatic rings. The van der Waals surface area contributed by atoms with Gasteiger partial charge in [-0.15, -0.1) is 0 Å². The minimum Gasteiger partial charge on any atom is -0.394 e. The number of ether oxygens (including phenoxy) is 6. The van der Waals surface area contributed by atoms with Gasteiger partial charge in [-0.25, -0.2) is 0 Å². The Bertz CT molecular complexity index is 2190. The Morgan fingerprint density at radius 1 is 0.370 bits per heavy atom. The number of unbranched alkanes of at least 4 members (excludes halogenated alkanes) is 31. The highest BCUT2D eigenvalue weighted by Crippen LogP contribution is 2.33. The number of nitrogens with one attached hydrogen (secondary N) is 1. The van der Waals surface area contributed by atoms with Crippen molar-refractivity contribution in [2.24, 2.45) is 0 Å². The molecule has 0 spiro atoms. The van der Waals surface area contributed by atoms with Gasteiger partial charge in [0.25, 0.3) is 0 Å². The maximum absolute atomic E-state index is 13.4. The van der Waals surface area contributed by atoms with E-state index >= 15 is 0 Å². The van der Waals surface area contributed by atoms with Gasteiger partial charge >= 0.3 is 0 Å². The van der Waals surface area contributed by atoms with E-state index in [1.807, 2.05) is 6.08 Å². The van der Waals surface area contributed by atoms with E-state index in [2.05, 4.69) is 104 Å². The number of carbonyl (C=O) groups excluding carboxylic acids is 1. The normalized spacial score (nSPS) is 27.0. The van der Waals surface area contributed by atoms with Gasteiger partial charge in [0.15, 0.2) is 18.9 Å². The molecule has 3 saturated heterocycles. The summed E-state index contributed by atoms with van der Waals surface area (Å²) in [4.78, 5) is 13.4. The van der Waals surface area contributed by atoms with Crippen molar-refractivity contribution in [2.75, 3.05) is 26.4 Å². The zero-order valence-corrected chi connectivity index (χ0v) is 61.6. The minimum atomic E-state index is -1.98. The van der Waals surface area contributed by atoms with Crippen LogP contribution in [-0.2, 0) is 33.2 Å². The van der Waals surface area contributed by atoms with Gasteiger partial charge in [-0.05, 0) is 83.5 Å². The van der Waals surface area contributed by atoms with E-state index in [4.69, 9.17) is 28.4 Å². The van der Waals surface area contributed by atoms with E-state index in [1.165, 1.54) is 167 Å². The van der Waals surface area contributed by atoms with Crippen molar-refractivity contribution in [3.63, 3.8) is 0 Å². The molecule has 12 N–H and O–H groups in total. The van der Waals surface area contributed by atoms with Gasteiger partial charge in [-0.1, -0.05) is 284 Å². The van der Waals surface area contributed by atoms with E-state index < -0.39 is 124 Å². The van der Waals surface area contributed by atoms with Crippen molar-refractivity contribution in [3.05, 3.63) is 97.2 Å². The first kappa shape index (κ1) is 90.9. The Kier molecular flexibility index (Phi) is 55.4. The van der Waals surface area contributed by atoms with E-state index in [0.29, 0.717) is 12.8 Å². The van der Waals surface area contributed by atoms with Gasteiger partial charge in [0.2, 0.25) is 5.91 Å². The molecule has 3 rings (SSSR count). The first-order valence-electron chi connectivity index (χ1n) is 39.5. The molecule has 3 aliphatic rings. The van der Waals surface area contributed by atoms with Crippen LogP contribution in [0, 0.1) is 0 Å². The number of aliphatic hydroxyl groups is 11. The topological polar surface area (TPSA) is 307 Å². The maximum atomic E-state index is 13.4. The molecule has 19 heteroatoms. The highest BCUT2D eigenvalue weighted by molar-refractivity contribution is 5.76. The van der Waals surface area contributed by atoms with Gasteiger partial charge in [0.05, 0.1) is 38.6 Å². The van der Waals surface area contributed by atoms with Gasteiger partial charge in [-0.2, -0.15) is 0 Å². The summed E-state index contributed by atoms with van der Waals surface area (Å²) in [7, 11) is 0. The predicted octanol–water partition coefficient (Wildman–Crippen LogP) is 12.8. The lowest BCUT2D eigenvalue weighted by atomic mass is 9.96. The van der Waals surface area contributed by atoms with Crippen LogP contribution < -0.4 is 5.32 Å². The largest absolute Gasteiger partial charge is 0.394 e. The van der Waals surface area contributed by atoms with E-state index in [-0.39, 0.29) is 18.9 Å². The van der Waals surface area contributed by atoms with Crippen molar-refractivity contribution < 1.29 is 89.4 Å². The average molecular weight is 1420 g/mol. The van der Waals surface area contributed by atoms with Crippen molar-refractivity contribution in [1.82, 2.24) is 5.32 Å². The van der Waals surface area contributed by atoms with Crippen LogP contribution in [0.1, 0.15) is 277 Å². The highest BCUT2D eigenvalue weighted by Gasteiger charge is 2.53. The summed E-state index contributed by atoms with van der Waals surface area (Å²) in [6.45, 7) is 1.61. The second-order valence-electron chi connectivity index (χ2n) is 27.8. The molecule has 0 aliphatic carbocycles. The van der Waals surface area contributed by atoms with Crippen LogP contribution in [0.25, 0.3) is 0 Å². The van der Waals surface area contributed by atoms with Crippen molar-refractivity contribution in [2.45, 2.75) is 381 Å². The summed E-state index contributed by atoms with van der Waals surface area (Å²) >= 11 is 0. The first-order chi connectivity index (χ1) is 48.8. The van der Waals surface area contributed by atoms with E-state index in [0.717, 1.165) is 77.0 Å². The molecule has 3 aliphatic heterocycles. The number of aliphatic hydroxyl groups excluding tert-OH is 11. The van der Waals surface area contributed by atoms with Crippen LogP contribution in [0.2, 0.25) is 0 Å². The molecule has 0 aromatic heterocycles. The fourth-order valence-corrected chi connectivity index (χ4v) is 12.8. The number of amides is 1. The lowest BCUT2D eigenvalue weighted by Gasteiger charge is -2.48. The number of rotatable bonds is 61. The number of allylic oxidation sites excluding steroid dienone is 15. The smallest absolute Gasteiger partial charge is 0.220 e. The molecule has 100 heavy (non-hydrogen) atoms. The Balaban J connectivity index is 1.32. The van der Waals surface area contributed by atoms with Crippen LogP contribution in [0.5, 0.6) is 0 Å². The summed E-state index contributed by atoms with van der Waals surface area (Å²) in [5.41, 5.74) is 0. The molecular formula is C81H141NO18. The van der Waals surface area contributed by atoms with Crippen LogP contribution in [0.15, 0.2) is 97.2 Å². The molecule has 0 radical (unpaired) electrons. The van der Waals surface area contributed by atoms with Gasteiger partial charge in [-0.3, -0.25) is 4.79 Å². The van der Waals surface area contributed by atoms with Gasteiger partial charge < -0.3 is 89.9 Å². The molecule has 0 saturated carbocycles. The molecular weight excluding hydrogens is 1270 g/mol. The molecule has 1 amide bonds. The van der Waals surface area contributed by atoms with Crippen molar-refractivity contribution in [3.8, 4) is 0 Å². The molecule has 17 atom stereocenters. The summed E-state index contributed by atoms with van der Waals surface area (Å²) in [6.07, 6.45) is 55.5. The second kappa shape index (κ2) is 60.9. The van der Waals surface area contributed by atoms with Crippen LogP contribution in [0.3, 0.4) is 0 Å². The fraction of sp³-hybridized carbons (Fsp3) is 0.790. The number of hydrogen-bond donors (Lipinski definition) is 12. The average Bonchev–Trinajstić information content (AvgIpc) is 0.784. The zero-order valence-electron chi connectivity index (χ0n) is 61.6. The fourth-order valence-electron chi connectivity index (χ4n) is 12.8. The molecule has 3 fully saturated rings. The zero-order chi connectivity index (χ0) is 72.5. The van der Waals surface area contributed by atoms with Gasteiger partial charge in [0.1, 0.15) is 73.2 Å². The van der Waals surface area contributed by atoms with Crippen molar-refractivity contribution >= 4 is 5.91 Å². The third kappa shape index (κ3) is 40.8. The summed E-state index contributed by atoms with van der Waals surface area (Å²) in [5, 5.41) is 121. The summed E-state index contributed by atoms with van der Waals surface area (Å²) in [5.74, 6) is -0.285. The molecule has 3 heterocycles. The van der Waals surface area contributed by atoms with Crippen molar-refractivity contribution in [1.29, 1.82) is 0 Å². The van der Waals surface area contributed by atoms with Gasteiger partial charge in [0, 0.05) is 6.42 Å². The Morgan fingerprint density at radius 2 is 0.700 bits per heavy atom. The lowest BCUT2D eigenvalue weighted by molar-refractivity contribution is -0.379. The van der Waals surface area contributed by atoms with Crippen LogP contribution in [-0.4, -0.2) is 193 Å². The monoisotopic (exact) mass is 1420 g/mol. The summed E-state index contributed by atoms with van der Waals surface area (Å²) < 4.78 is 34.4.